The lowest BCUT2D eigenvalue weighted by Crippen LogP contribution is -2.50. The van der Waals surface area contributed by atoms with Gasteiger partial charge in [0.15, 0.2) is 0 Å². The summed E-state index contributed by atoms with van der Waals surface area (Å²) >= 11 is 6.32. The van der Waals surface area contributed by atoms with Crippen molar-refractivity contribution in [2.75, 3.05) is 17.9 Å². The van der Waals surface area contributed by atoms with Gasteiger partial charge in [0, 0.05) is 18.6 Å². The Bertz CT molecular complexity index is 1330. The summed E-state index contributed by atoms with van der Waals surface area (Å²) in [5.74, 6) is -0.879. The molecule has 0 fully saturated rings. The number of amides is 2. The van der Waals surface area contributed by atoms with Gasteiger partial charge in [0.25, 0.3) is 10.0 Å². The zero-order valence-electron chi connectivity index (χ0n) is 20.7. The molecule has 0 aromatic heterocycles. The number of aryl methyl sites for hydroxylation is 1. The Morgan fingerprint density at radius 3 is 2.19 bits per heavy atom. The predicted octanol–water partition coefficient (Wildman–Crippen LogP) is 4.32. The maximum Gasteiger partial charge on any atom is 0.264 e. The van der Waals surface area contributed by atoms with Gasteiger partial charge in [0.05, 0.1) is 10.6 Å². The molecule has 7 nitrogen and oxygen atoms in total. The van der Waals surface area contributed by atoms with Crippen LogP contribution in [0.15, 0.2) is 77.7 Å². The second kappa shape index (κ2) is 11.6. The predicted molar refractivity (Wildman–Crippen MR) is 142 cm³/mol. The number of nitrogens with zero attached hydrogens (tertiary/aromatic N) is 2. The van der Waals surface area contributed by atoms with E-state index in [2.05, 4.69) is 5.32 Å². The molecule has 0 bridgehead atoms. The molecule has 0 saturated carbocycles. The first kappa shape index (κ1) is 27.2. The summed E-state index contributed by atoms with van der Waals surface area (Å²) in [6.45, 7) is 4.81. The number of anilines is 1. The first-order valence-corrected chi connectivity index (χ1v) is 13.3. The summed E-state index contributed by atoms with van der Waals surface area (Å²) < 4.78 is 28.7. The topological polar surface area (TPSA) is 86.8 Å². The van der Waals surface area contributed by atoms with Gasteiger partial charge >= 0.3 is 0 Å². The molecule has 0 aliphatic carbocycles. The third kappa shape index (κ3) is 6.06. The van der Waals surface area contributed by atoms with Gasteiger partial charge in [-0.25, -0.2) is 8.42 Å². The van der Waals surface area contributed by atoms with Crippen molar-refractivity contribution in [3.05, 3.63) is 94.5 Å². The number of nitrogens with one attached hydrogen (secondary N) is 1. The Kier molecular flexibility index (Phi) is 8.76. The summed E-state index contributed by atoms with van der Waals surface area (Å²) in [4.78, 5) is 27.7. The second-order valence-corrected chi connectivity index (χ2v) is 10.8. The van der Waals surface area contributed by atoms with Crippen LogP contribution in [0.5, 0.6) is 0 Å². The highest BCUT2D eigenvalue weighted by Gasteiger charge is 2.33. The average molecular weight is 528 g/mol. The highest BCUT2D eigenvalue weighted by atomic mass is 35.5. The van der Waals surface area contributed by atoms with E-state index in [1.54, 1.807) is 44.2 Å². The summed E-state index contributed by atoms with van der Waals surface area (Å²) in [7, 11) is -2.64. The molecular weight excluding hydrogens is 498 g/mol. The molecule has 36 heavy (non-hydrogen) atoms. The smallest absolute Gasteiger partial charge is 0.264 e. The van der Waals surface area contributed by atoms with Crippen LogP contribution in [0, 0.1) is 13.8 Å². The second-order valence-electron chi connectivity index (χ2n) is 8.51. The van der Waals surface area contributed by atoms with E-state index in [9.17, 15) is 18.0 Å². The number of sulfonamides is 1. The number of carbonyl (C=O) groups is 2. The van der Waals surface area contributed by atoms with Gasteiger partial charge in [-0.15, -0.1) is 0 Å². The third-order valence-electron chi connectivity index (χ3n) is 6.01. The maximum absolute atomic E-state index is 13.8. The van der Waals surface area contributed by atoms with Crippen LogP contribution < -0.4 is 9.62 Å². The van der Waals surface area contributed by atoms with Crippen molar-refractivity contribution in [2.45, 2.75) is 38.3 Å². The zero-order valence-corrected chi connectivity index (χ0v) is 22.3. The van der Waals surface area contributed by atoms with Crippen molar-refractivity contribution in [1.29, 1.82) is 0 Å². The number of likely N-dealkylation sites (N-methyl/N-ethyl adjacent to an activating group) is 1. The minimum absolute atomic E-state index is 0.0502. The van der Waals surface area contributed by atoms with Gasteiger partial charge in [-0.05, 0) is 56.2 Å². The Labute approximate surface area is 217 Å². The lowest BCUT2D eigenvalue weighted by molar-refractivity contribution is -0.139. The van der Waals surface area contributed by atoms with Crippen molar-refractivity contribution in [3.63, 3.8) is 0 Å². The molecule has 190 valence electrons. The van der Waals surface area contributed by atoms with Crippen molar-refractivity contribution in [2.24, 2.45) is 0 Å². The van der Waals surface area contributed by atoms with Gasteiger partial charge in [-0.2, -0.15) is 0 Å². The van der Waals surface area contributed by atoms with Gasteiger partial charge in [-0.3, -0.25) is 13.9 Å². The van der Waals surface area contributed by atoms with Gasteiger partial charge in [0.1, 0.15) is 12.6 Å². The van der Waals surface area contributed by atoms with Crippen LogP contribution >= 0.6 is 11.6 Å². The Morgan fingerprint density at radius 1 is 0.944 bits per heavy atom. The van der Waals surface area contributed by atoms with Crippen LogP contribution in [0.1, 0.15) is 23.6 Å². The largest absolute Gasteiger partial charge is 0.357 e. The molecule has 2 amide bonds. The van der Waals surface area contributed by atoms with Crippen molar-refractivity contribution in [1.82, 2.24) is 10.2 Å². The number of hydrogen-bond donors (Lipinski definition) is 1. The standard InChI is InChI=1S/C27H30ClN3O4S/c1-19-13-15-23(16-14-19)36(34,35)31(25-12-8-11-24(28)20(25)2)18-26(32)30(21(3)27(33)29-4)17-22-9-6-5-7-10-22/h5-16,21H,17-18H2,1-4H3,(H,29,33). The zero-order chi connectivity index (χ0) is 26.5. The van der Waals surface area contributed by atoms with E-state index in [0.717, 1.165) is 15.4 Å². The molecule has 1 atom stereocenters. The number of rotatable bonds is 9. The van der Waals surface area contributed by atoms with E-state index in [1.165, 1.54) is 24.1 Å². The van der Waals surface area contributed by atoms with Crippen molar-refractivity contribution in [3.8, 4) is 0 Å². The SMILES string of the molecule is CNC(=O)C(C)N(Cc1ccccc1)C(=O)CN(c1cccc(Cl)c1C)S(=O)(=O)c1ccc(C)cc1. The monoisotopic (exact) mass is 527 g/mol. The van der Waals surface area contributed by atoms with Crippen LogP contribution in [-0.4, -0.2) is 44.8 Å². The summed E-state index contributed by atoms with van der Waals surface area (Å²) in [5, 5.41) is 2.95. The normalized spacial score (nSPS) is 12.0. The fourth-order valence-electron chi connectivity index (χ4n) is 3.79. The molecule has 3 aromatic carbocycles. The molecule has 1 N–H and O–H groups in total. The molecule has 1 unspecified atom stereocenters. The molecule has 0 radical (unpaired) electrons. The van der Waals surface area contributed by atoms with Crippen LogP contribution in [0.2, 0.25) is 5.02 Å². The lowest BCUT2D eigenvalue weighted by atomic mass is 10.1. The summed E-state index contributed by atoms with van der Waals surface area (Å²) in [6.07, 6.45) is 0. The molecule has 3 rings (SSSR count). The van der Waals surface area contributed by atoms with Gasteiger partial charge in [0.2, 0.25) is 11.8 Å². The summed E-state index contributed by atoms with van der Waals surface area (Å²) in [6, 6.07) is 19.7. The minimum atomic E-state index is -4.14. The fraction of sp³-hybridized carbons (Fsp3) is 0.259. The van der Waals surface area contributed by atoms with Gasteiger partial charge < -0.3 is 10.2 Å². The number of carbonyl (C=O) groups excluding carboxylic acids is 2. The van der Waals surface area contributed by atoms with Crippen molar-refractivity contribution < 1.29 is 18.0 Å². The fourth-order valence-corrected chi connectivity index (χ4v) is 5.43. The van der Waals surface area contributed by atoms with E-state index in [4.69, 9.17) is 11.6 Å². The van der Waals surface area contributed by atoms with E-state index in [-0.39, 0.29) is 17.3 Å². The molecule has 9 heteroatoms. The van der Waals surface area contributed by atoms with Crippen LogP contribution in [-0.2, 0) is 26.2 Å². The lowest BCUT2D eigenvalue weighted by Gasteiger charge is -2.32. The average Bonchev–Trinajstić information content (AvgIpc) is 2.87. The van der Waals surface area contributed by atoms with E-state index >= 15 is 0 Å². The van der Waals surface area contributed by atoms with E-state index in [1.807, 2.05) is 37.3 Å². The van der Waals surface area contributed by atoms with Crippen LogP contribution in [0.25, 0.3) is 0 Å². The molecule has 0 aliphatic rings. The molecule has 0 spiro atoms. The maximum atomic E-state index is 13.8. The highest BCUT2D eigenvalue weighted by Crippen LogP contribution is 2.31. The van der Waals surface area contributed by atoms with Crippen LogP contribution in [0.3, 0.4) is 0 Å². The third-order valence-corrected chi connectivity index (χ3v) is 8.19. The van der Waals surface area contributed by atoms with Crippen molar-refractivity contribution >= 4 is 39.1 Å². The molecule has 0 aliphatic heterocycles. The first-order valence-electron chi connectivity index (χ1n) is 11.5. The highest BCUT2D eigenvalue weighted by molar-refractivity contribution is 7.92. The van der Waals surface area contributed by atoms with Gasteiger partial charge in [-0.1, -0.05) is 65.7 Å². The molecular formula is C27H30ClN3O4S. The van der Waals surface area contributed by atoms with Crippen LogP contribution in [0.4, 0.5) is 5.69 Å². The Balaban J connectivity index is 2.07. The number of hydrogen-bond acceptors (Lipinski definition) is 4. The molecule has 3 aromatic rings. The number of halogens is 1. The summed E-state index contributed by atoms with van der Waals surface area (Å²) in [5.41, 5.74) is 2.54. The first-order chi connectivity index (χ1) is 17.1. The molecule has 0 heterocycles. The molecule has 0 saturated heterocycles. The quantitative estimate of drug-likeness (QED) is 0.449. The number of benzene rings is 3. The van der Waals surface area contributed by atoms with E-state index in [0.29, 0.717) is 16.3 Å². The van der Waals surface area contributed by atoms with E-state index < -0.39 is 28.5 Å². The minimum Gasteiger partial charge on any atom is -0.357 e. The Morgan fingerprint density at radius 2 is 1.58 bits per heavy atom. The Hall–Kier alpha value is -3.36.